The standard InChI is InChI=1S/C24H31Cl2N3O5S/c1-16(2)13-27-24(31)17(3)28(14-18-10-11-19(25)12-20(18)26)23(30)15-29(35(5,32)33)21-8-6-7-9-22(21)34-4/h6-12,16-17H,13-15H2,1-5H3,(H,27,31)/t17-/m0/s1. The first-order valence-corrected chi connectivity index (χ1v) is 13.6. The van der Waals surface area contributed by atoms with E-state index in [1.54, 1.807) is 49.4 Å². The number of nitrogens with one attached hydrogen (secondary N) is 1. The zero-order valence-corrected chi connectivity index (χ0v) is 22.7. The predicted molar refractivity (Wildman–Crippen MR) is 140 cm³/mol. The Labute approximate surface area is 217 Å². The van der Waals surface area contributed by atoms with Crippen LogP contribution in [0.1, 0.15) is 26.3 Å². The molecule has 0 aliphatic rings. The second-order valence-electron chi connectivity index (χ2n) is 8.51. The molecular weight excluding hydrogens is 513 g/mol. The smallest absolute Gasteiger partial charge is 0.244 e. The van der Waals surface area contributed by atoms with E-state index in [9.17, 15) is 18.0 Å². The quantitative estimate of drug-likeness (QED) is 0.462. The van der Waals surface area contributed by atoms with Crippen molar-refractivity contribution in [1.29, 1.82) is 0 Å². The lowest BCUT2D eigenvalue weighted by molar-refractivity contribution is -0.139. The van der Waals surface area contributed by atoms with Crippen LogP contribution in [0.15, 0.2) is 42.5 Å². The lowest BCUT2D eigenvalue weighted by Crippen LogP contribution is -2.51. The van der Waals surface area contributed by atoms with E-state index in [4.69, 9.17) is 27.9 Å². The predicted octanol–water partition coefficient (Wildman–Crippen LogP) is 3.96. The summed E-state index contributed by atoms with van der Waals surface area (Å²) >= 11 is 12.3. The van der Waals surface area contributed by atoms with Gasteiger partial charge in [-0.25, -0.2) is 8.42 Å². The summed E-state index contributed by atoms with van der Waals surface area (Å²) in [6.07, 6.45) is 1.01. The number of benzene rings is 2. The van der Waals surface area contributed by atoms with Gasteiger partial charge in [-0.15, -0.1) is 0 Å². The minimum atomic E-state index is -3.87. The summed E-state index contributed by atoms with van der Waals surface area (Å²) in [6.45, 7) is 5.38. The Morgan fingerprint density at radius 2 is 1.74 bits per heavy atom. The Morgan fingerprint density at radius 3 is 2.31 bits per heavy atom. The molecule has 0 aromatic heterocycles. The van der Waals surface area contributed by atoms with Gasteiger partial charge >= 0.3 is 0 Å². The summed E-state index contributed by atoms with van der Waals surface area (Å²) in [7, 11) is -2.46. The highest BCUT2D eigenvalue weighted by Crippen LogP contribution is 2.30. The van der Waals surface area contributed by atoms with Gasteiger partial charge in [0.25, 0.3) is 0 Å². The number of amides is 2. The van der Waals surface area contributed by atoms with Crippen LogP contribution in [0.2, 0.25) is 10.0 Å². The number of anilines is 1. The van der Waals surface area contributed by atoms with E-state index < -0.39 is 28.5 Å². The van der Waals surface area contributed by atoms with Gasteiger partial charge in [-0.05, 0) is 42.7 Å². The van der Waals surface area contributed by atoms with Gasteiger partial charge in [-0.3, -0.25) is 13.9 Å². The van der Waals surface area contributed by atoms with Crippen LogP contribution in [-0.2, 0) is 26.2 Å². The minimum absolute atomic E-state index is 0.0192. The second-order valence-corrected chi connectivity index (χ2v) is 11.3. The lowest BCUT2D eigenvalue weighted by Gasteiger charge is -2.32. The van der Waals surface area contributed by atoms with Crippen LogP contribution in [-0.4, -0.2) is 57.6 Å². The van der Waals surface area contributed by atoms with Crippen LogP contribution in [0.3, 0.4) is 0 Å². The summed E-state index contributed by atoms with van der Waals surface area (Å²) < 4.78 is 31.6. The summed E-state index contributed by atoms with van der Waals surface area (Å²) in [6, 6.07) is 10.4. The molecule has 0 saturated heterocycles. The van der Waals surface area contributed by atoms with Gasteiger partial charge in [-0.1, -0.05) is 55.2 Å². The number of ether oxygens (including phenoxy) is 1. The SMILES string of the molecule is COc1ccccc1N(CC(=O)N(Cc1ccc(Cl)cc1Cl)[C@@H](C)C(=O)NCC(C)C)S(C)(=O)=O. The molecule has 2 rings (SSSR count). The van der Waals surface area contributed by atoms with Crippen molar-refractivity contribution in [3.05, 3.63) is 58.1 Å². The Kier molecular flexibility index (Phi) is 10.2. The Morgan fingerprint density at radius 1 is 1.09 bits per heavy atom. The molecule has 0 radical (unpaired) electrons. The number of para-hydroxylation sites is 2. The minimum Gasteiger partial charge on any atom is -0.495 e. The molecule has 192 valence electrons. The number of nitrogens with zero attached hydrogens (tertiary/aromatic N) is 2. The topological polar surface area (TPSA) is 96.0 Å². The van der Waals surface area contributed by atoms with E-state index in [-0.39, 0.29) is 24.1 Å². The van der Waals surface area contributed by atoms with Gasteiger partial charge in [-0.2, -0.15) is 0 Å². The fourth-order valence-corrected chi connectivity index (χ4v) is 4.62. The normalized spacial score (nSPS) is 12.2. The monoisotopic (exact) mass is 543 g/mol. The highest BCUT2D eigenvalue weighted by atomic mass is 35.5. The van der Waals surface area contributed by atoms with Crippen LogP contribution < -0.4 is 14.4 Å². The van der Waals surface area contributed by atoms with E-state index in [2.05, 4.69) is 5.32 Å². The Balaban J connectivity index is 2.44. The molecule has 2 aromatic carbocycles. The van der Waals surface area contributed by atoms with Crippen molar-refractivity contribution in [1.82, 2.24) is 10.2 Å². The number of hydrogen-bond donors (Lipinski definition) is 1. The van der Waals surface area contributed by atoms with Crippen molar-refractivity contribution in [2.24, 2.45) is 5.92 Å². The molecule has 1 atom stereocenters. The molecule has 0 heterocycles. The van der Waals surface area contributed by atoms with Crippen LogP contribution in [0, 0.1) is 5.92 Å². The zero-order chi connectivity index (χ0) is 26.3. The van der Waals surface area contributed by atoms with Crippen LogP contribution in [0.4, 0.5) is 5.69 Å². The summed E-state index contributed by atoms with van der Waals surface area (Å²) in [4.78, 5) is 27.7. The molecule has 1 N–H and O–H groups in total. The summed E-state index contributed by atoms with van der Waals surface area (Å²) in [5.74, 6) is -0.437. The van der Waals surface area contributed by atoms with E-state index in [0.29, 0.717) is 27.9 Å². The number of carbonyl (C=O) groups excluding carboxylic acids is 2. The third-order valence-electron chi connectivity index (χ3n) is 5.24. The van der Waals surface area contributed by atoms with Crippen LogP contribution >= 0.6 is 23.2 Å². The fourth-order valence-electron chi connectivity index (χ4n) is 3.30. The van der Waals surface area contributed by atoms with Crippen molar-refractivity contribution in [2.75, 3.05) is 30.8 Å². The van der Waals surface area contributed by atoms with Crippen molar-refractivity contribution in [3.8, 4) is 5.75 Å². The molecule has 0 aliphatic carbocycles. The van der Waals surface area contributed by atoms with Gasteiger partial charge in [0.2, 0.25) is 21.8 Å². The number of halogens is 2. The molecule has 0 fully saturated rings. The molecule has 0 aliphatic heterocycles. The van der Waals surface area contributed by atoms with E-state index in [1.807, 2.05) is 13.8 Å². The lowest BCUT2D eigenvalue weighted by atomic mass is 10.1. The molecule has 0 unspecified atom stereocenters. The first-order valence-electron chi connectivity index (χ1n) is 11.0. The maximum absolute atomic E-state index is 13.6. The van der Waals surface area contributed by atoms with Gasteiger partial charge in [0.15, 0.2) is 0 Å². The maximum Gasteiger partial charge on any atom is 0.244 e. The number of carbonyl (C=O) groups is 2. The highest BCUT2D eigenvalue weighted by molar-refractivity contribution is 7.92. The molecule has 11 heteroatoms. The first kappa shape index (κ1) is 28.7. The summed E-state index contributed by atoms with van der Waals surface area (Å²) in [5.41, 5.74) is 0.781. The third kappa shape index (κ3) is 8.02. The Hall–Kier alpha value is -2.49. The molecule has 35 heavy (non-hydrogen) atoms. The van der Waals surface area contributed by atoms with Crippen molar-refractivity contribution in [2.45, 2.75) is 33.4 Å². The number of sulfonamides is 1. The highest BCUT2D eigenvalue weighted by Gasteiger charge is 2.31. The molecule has 2 aromatic rings. The summed E-state index contributed by atoms with van der Waals surface area (Å²) in [5, 5.41) is 3.58. The number of rotatable bonds is 11. The van der Waals surface area contributed by atoms with Gasteiger partial charge in [0.05, 0.1) is 19.1 Å². The van der Waals surface area contributed by atoms with E-state index in [0.717, 1.165) is 10.6 Å². The first-order chi connectivity index (χ1) is 16.3. The Bertz CT molecular complexity index is 1160. The number of methoxy groups -OCH3 is 1. The zero-order valence-electron chi connectivity index (χ0n) is 20.4. The van der Waals surface area contributed by atoms with Gasteiger partial charge in [0, 0.05) is 23.1 Å². The molecule has 0 spiro atoms. The third-order valence-corrected chi connectivity index (χ3v) is 6.95. The van der Waals surface area contributed by atoms with Crippen molar-refractivity contribution < 1.29 is 22.7 Å². The molecule has 0 saturated carbocycles. The van der Waals surface area contributed by atoms with E-state index >= 15 is 0 Å². The average molecular weight is 545 g/mol. The van der Waals surface area contributed by atoms with E-state index in [1.165, 1.54) is 12.0 Å². The second kappa shape index (κ2) is 12.5. The van der Waals surface area contributed by atoms with Crippen molar-refractivity contribution in [3.63, 3.8) is 0 Å². The van der Waals surface area contributed by atoms with Gasteiger partial charge < -0.3 is 15.0 Å². The van der Waals surface area contributed by atoms with Gasteiger partial charge in [0.1, 0.15) is 18.3 Å². The van der Waals surface area contributed by atoms with Crippen LogP contribution in [0.5, 0.6) is 5.75 Å². The van der Waals surface area contributed by atoms with Crippen molar-refractivity contribution >= 4 is 50.7 Å². The molecule has 0 bridgehead atoms. The molecule has 2 amide bonds. The van der Waals surface area contributed by atoms with Crippen LogP contribution in [0.25, 0.3) is 0 Å². The maximum atomic E-state index is 13.6. The number of hydrogen-bond acceptors (Lipinski definition) is 5. The average Bonchev–Trinajstić information content (AvgIpc) is 2.79. The molecular formula is C24H31Cl2N3O5S. The largest absolute Gasteiger partial charge is 0.495 e. The molecule has 8 nitrogen and oxygen atoms in total. The fraction of sp³-hybridized carbons (Fsp3) is 0.417.